The molecule has 0 aliphatic carbocycles. The smallest absolute Gasteiger partial charge is 0.195 e. The van der Waals surface area contributed by atoms with Gasteiger partial charge >= 0.3 is 0 Å². The highest BCUT2D eigenvalue weighted by Gasteiger charge is 2.08. The third-order valence-corrected chi connectivity index (χ3v) is 1.48. The van der Waals surface area contributed by atoms with Crippen LogP contribution in [0.15, 0.2) is 23.3 Å². The molecule has 0 atom stereocenters. The summed E-state index contributed by atoms with van der Waals surface area (Å²) in [6.07, 6.45) is 1.71. The molecule has 0 unspecified atom stereocenters. The molecule has 0 fully saturated rings. The fraction of sp³-hybridized carbons (Fsp3) is 0.250. The van der Waals surface area contributed by atoms with Crippen molar-refractivity contribution < 1.29 is 4.74 Å². The van der Waals surface area contributed by atoms with Crippen LogP contribution < -0.4 is 4.74 Å². The number of fused-ring (bicyclic) bond motifs is 1. The van der Waals surface area contributed by atoms with Crippen molar-refractivity contribution in [3.8, 4) is 5.75 Å². The quantitative estimate of drug-likeness (QED) is 0.559. The molecule has 0 saturated carbocycles. The molecule has 2 heterocycles. The summed E-state index contributed by atoms with van der Waals surface area (Å²) in [5.74, 6) is 1.47. The molecule has 0 aromatic carbocycles. The molecular weight excluding hydrogens is 140 g/mol. The van der Waals surface area contributed by atoms with Crippen molar-refractivity contribution in [3.05, 3.63) is 18.3 Å². The Morgan fingerprint density at radius 3 is 3.36 bits per heavy atom. The Labute approximate surface area is 64.7 Å². The first-order valence-electron chi connectivity index (χ1n) is 3.48. The minimum absolute atomic E-state index is 0.582. The van der Waals surface area contributed by atoms with E-state index in [1.54, 1.807) is 6.20 Å². The van der Waals surface area contributed by atoms with Gasteiger partial charge in [0, 0.05) is 6.20 Å². The van der Waals surface area contributed by atoms with Gasteiger partial charge in [-0.1, -0.05) is 0 Å². The summed E-state index contributed by atoms with van der Waals surface area (Å²) >= 11 is 0. The van der Waals surface area contributed by atoms with Crippen molar-refractivity contribution in [3.63, 3.8) is 0 Å². The topological polar surface area (TPSA) is 34.5 Å². The van der Waals surface area contributed by atoms with Crippen molar-refractivity contribution in [1.82, 2.24) is 4.98 Å². The van der Waals surface area contributed by atoms with E-state index in [9.17, 15) is 0 Å². The third kappa shape index (κ3) is 1.09. The second kappa shape index (κ2) is 2.34. The first-order chi connectivity index (χ1) is 5.36. The number of rotatable bonds is 0. The van der Waals surface area contributed by atoms with E-state index in [1.165, 1.54) is 0 Å². The second-order valence-electron chi connectivity index (χ2n) is 2.46. The van der Waals surface area contributed by atoms with Gasteiger partial charge in [0.1, 0.15) is 6.61 Å². The molecule has 1 aliphatic heterocycles. The molecule has 0 radical (unpaired) electrons. The van der Waals surface area contributed by atoms with Gasteiger partial charge in [-0.3, -0.25) is 0 Å². The average Bonchev–Trinajstić information content (AvgIpc) is 2.04. The van der Waals surface area contributed by atoms with Crippen molar-refractivity contribution in [2.24, 2.45) is 4.99 Å². The molecule has 3 heteroatoms. The average molecular weight is 148 g/mol. The molecule has 1 aliphatic rings. The van der Waals surface area contributed by atoms with Crippen LogP contribution in [-0.2, 0) is 0 Å². The Bertz CT molecular complexity index is 307. The van der Waals surface area contributed by atoms with E-state index < -0.39 is 0 Å². The zero-order valence-electron chi connectivity index (χ0n) is 6.24. The molecule has 1 aromatic rings. The van der Waals surface area contributed by atoms with Crippen LogP contribution in [0.3, 0.4) is 0 Å². The summed E-state index contributed by atoms with van der Waals surface area (Å²) in [5, 5.41) is 0. The highest BCUT2D eigenvalue weighted by molar-refractivity contribution is 5.87. The van der Waals surface area contributed by atoms with Gasteiger partial charge in [-0.15, -0.1) is 0 Å². The van der Waals surface area contributed by atoms with Gasteiger partial charge in [0.05, 0.1) is 5.71 Å². The monoisotopic (exact) mass is 148 g/mol. The highest BCUT2D eigenvalue weighted by Crippen LogP contribution is 2.26. The zero-order chi connectivity index (χ0) is 7.68. The number of ether oxygens (including phenoxy) is 1. The maximum atomic E-state index is 5.34. The SMILES string of the molecule is CC1=Nc2ncccc2OC1. The van der Waals surface area contributed by atoms with Gasteiger partial charge < -0.3 is 4.74 Å². The molecule has 0 bridgehead atoms. The van der Waals surface area contributed by atoms with E-state index in [2.05, 4.69) is 9.98 Å². The predicted molar refractivity (Wildman–Crippen MR) is 42.5 cm³/mol. The predicted octanol–water partition coefficient (Wildman–Crippen LogP) is 1.57. The van der Waals surface area contributed by atoms with Gasteiger partial charge in [0.15, 0.2) is 11.6 Å². The summed E-state index contributed by atoms with van der Waals surface area (Å²) in [7, 11) is 0. The van der Waals surface area contributed by atoms with Gasteiger partial charge in [0.25, 0.3) is 0 Å². The summed E-state index contributed by atoms with van der Waals surface area (Å²) in [6.45, 7) is 2.51. The van der Waals surface area contributed by atoms with Gasteiger partial charge in [0.2, 0.25) is 0 Å². The van der Waals surface area contributed by atoms with Gasteiger partial charge in [-0.05, 0) is 19.1 Å². The van der Waals surface area contributed by atoms with Crippen LogP contribution in [0.1, 0.15) is 6.92 Å². The van der Waals surface area contributed by atoms with Crippen LogP contribution in [0.25, 0.3) is 0 Å². The van der Waals surface area contributed by atoms with Crippen molar-refractivity contribution >= 4 is 11.5 Å². The molecular formula is C8H8N2O. The number of aromatic nitrogens is 1. The van der Waals surface area contributed by atoms with E-state index >= 15 is 0 Å². The zero-order valence-corrected chi connectivity index (χ0v) is 6.24. The van der Waals surface area contributed by atoms with Crippen LogP contribution in [-0.4, -0.2) is 17.3 Å². The Morgan fingerprint density at radius 1 is 1.55 bits per heavy atom. The van der Waals surface area contributed by atoms with E-state index in [4.69, 9.17) is 4.74 Å². The molecule has 0 amide bonds. The molecule has 3 nitrogen and oxygen atoms in total. The number of nitrogens with zero attached hydrogens (tertiary/aromatic N) is 2. The maximum absolute atomic E-state index is 5.34. The molecule has 1 aromatic heterocycles. The lowest BCUT2D eigenvalue weighted by Gasteiger charge is -2.12. The van der Waals surface area contributed by atoms with E-state index in [0.29, 0.717) is 12.4 Å². The van der Waals surface area contributed by atoms with Crippen molar-refractivity contribution in [2.75, 3.05) is 6.61 Å². The van der Waals surface area contributed by atoms with Crippen molar-refractivity contribution in [2.45, 2.75) is 6.92 Å². The van der Waals surface area contributed by atoms with E-state index in [0.717, 1.165) is 11.5 Å². The fourth-order valence-electron chi connectivity index (χ4n) is 0.974. The minimum atomic E-state index is 0.582. The maximum Gasteiger partial charge on any atom is 0.195 e. The minimum Gasteiger partial charge on any atom is -0.484 e. The summed E-state index contributed by atoms with van der Waals surface area (Å²) in [5.41, 5.74) is 0.969. The van der Waals surface area contributed by atoms with Crippen LogP contribution in [0.5, 0.6) is 5.75 Å². The lowest BCUT2D eigenvalue weighted by Crippen LogP contribution is -2.11. The molecule has 0 saturated heterocycles. The van der Waals surface area contributed by atoms with Gasteiger partial charge in [-0.25, -0.2) is 9.98 Å². The largest absolute Gasteiger partial charge is 0.484 e. The summed E-state index contributed by atoms with van der Waals surface area (Å²) in [6, 6.07) is 3.72. The van der Waals surface area contributed by atoms with Crippen LogP contribution in [0.2, 0.25) is 0 Å². The normalized spacial score (nSPS) is 14.8. The Balaban J connectivity index is 2.51. The Morgan fingerprint density at radius 2 is 2.45 bits per heavy atom. The highest BCUT2D eigenvalue weighted by atomic mass is 16.5. The van der Waals surface area contributed by atoms with Crippen LogP contribution >= 0.6 is 0 Å². The number of pyridine rings is 1. The first kappa shape index (κ1) is 6.34. The Hall–Kier alpha value is -1.38. The summed E-state index contributed by atoms with van der Waals surface area (Å²) in [4.78, 5) is 8.28. The third-order valence-electron chi connectivity index (χ3n) is 1.48. The van der Waals surface area contributed by atoms with E-state index in [1.807, 2.05) is 19.1 Å². The van der Waals surface area contributed by atoms with Crippen molar-refractivity contribution in [1.29, 1.82) is 0 Å². The number of aliphatic imine (C=N–C) groups is 1. The number of hydrogen-bond donors (Lipinski definition) is 0. The second-order valence-corrected chi connectivity index (χ2v) is 2.46. The number of hydrogen-bond acceptors (Lipinski definition) is 3. The molecule has 11 heavy (non-hydrogen) atoms. The lowest BCUT2D eigenvalue weighted by atomic mass is 10.3. The lowest BCUT2D eigenvalue weighted by molar-refractivity contribution is 0.370. The molecule has 0 N–H and O–H groups in total. The Kier molecular flexibility index (Phi) is 1.35. The molecule has 2 rings (SSSR count). The first-order valence-corrected chi connectivity index (χ1v) is 3.48. The standard InChI is InChI=1S/C8H8N2O/c1-6-5-11-7-3-2-4-9-8(7)10-6/h2-4H,5H2,1H3. The molecule has 0 spiro atoms. The fourth-order valence-corrected chi connectivity index (χ4v) is 0.974. The van der Waals surface area contributed by atoms with Crippen LogP contribution in [0, 0.1) is 0 Å². The van der Waals surface area contributed by atoms with E-state index in [-0.39, 0.29) is 0 Å². The summed E-state index contributed by atoms with van der Waals surface area (Å²) < 4.78 is 5.34. The van der Waals surface area contributed by atoms with Gasteiger partial charge in [-0.2, -0.15) is 0 Å². The van der Waals surface area contributed by atoms with Crippen LogP contribution in [0.4, 0.5) is 5.82 Å². The molecule has 56 valence electrons.